The Morgan fingerprint density at radius 2 is 1.85 bits per heavy atom. The third-order valence-corrected chi connectivity index (χ3v) is 4.15. The van der Waals surface area contributed by atoms with Crippen molar-refractivity contribution in [3.63, 3.8) is 0 Å². The Labute approximate surface area is 153 Å². The largest absolute Gasteiger partial charge is 0.488 e. The van der Waals surface area contributed by atoms with Crippen molar-refractivity contribution < 1.29 is 39.4 Å². The Morgan fingerprint density at radius 3 is 2.48 bits per heavy atom. The monoisotopic (exact) mass is 389 g/mol. The molecule has 0 aliphatic carbocycles. The molecule has 27 heavy (non-hydrogen) atoms. The second kappa shape index (κ2) is 9.24. The number of carboxylic acids is 1. The minimum Gasteiger partial charge on any atom is -0.488 e. The Bertz CT molecular complexity index is 712. The second-order valence-electron chi connectivity index (χ2n) is 6.04. The molecule has 1 aromatic rings. The fourth-order valence-corrected chi connectivity index (χ4v) is 2.72. The molecule has 3 unspecified atom stereocenters. The summed E-state index contributed by atoms with van der Waals surface area (Å²) in [7, 11) is 0. The van der Waals surface area contributed by atoms with Crippen molar-refractivity contribution in [3.8, 4) is 5.75 Å². The Hall–Kier alpha value is -2.05. The fourth-order valence-electron chi connectivity index (χ4n) is 2.72. The lowest BCUT2D eigenvalue weighted by Crippen LogP contribution is -2.58. The van der Waals surface area contributed by atoms with Crippen LogP contribution in [0.1, 0.15) is 19.8 Å². The van der Waals surface area contributed by atoms with Gasteiger partial charge in [-0.1, -0.05) is 0 Å². The summed E-state index contributed by atoms with van der Waals surface area (Å²) < 4.78 is 15.7. The average molecular weight is 389 g/mol. The summed E-state index contributed by atoms with van der Waals surface area (Å²) >= 11 is 0. The van der Waals surface area contributed by atoms with Crippen LogP contribution in [0.3, 0.4) is 0 Å². The van der Waals surface area contributed by atoms with Crippen LogP contribution in [-0.2, 0) is 14.3 Å². The molecule has 1 aromatic carbocycles. The Morgan fingerprint density at radius 1 is 1.15 bits per heavy atom. The van der Waals surface area contributed by atoms with E-state index in [-0.39, 0.29) is 44.0 Å². The maximum absolute atomic E-state index is 11.5. The molecule has 11 nitrogen and oxygen atoms in total. The van der Waals surface area contributed by atoms with Gasteiger partial charge in [0.05, 0.1) is 19.3 Å². The zero-order valence-electron chi connectivity index (χ0n) is 14.7. The van der Waals surface area contributed by atoms with Gasteiger partial charge in [0.25, 0.3) is 10.9 Å². The van der Waals surface area contributed by atoms with Gasteiger partial charge in [-0.25, -0.2) is 0 Å². The lowest BCUT2D eigenvalue weighted by molar-refractivity contribution is -0.296. The van der Waals surface area contributed by atoms with Crippen molar-refractivity contribution >= 4 is 11.7 Å². The number of aliphatic hydroxyl groups is 3. The van der Waals surface area contributed by atoms with E-state index in [0.29, 0.717) is 0 Å². The molecule has 1 fully saturated rings. The standard InChI is InChI=1S/C16H23NO10/c1-2-25-15-9(11(21)13(15)23)17-5-6-26-16-14(24)12(22)10(20)7(27-16)3-4-8(18)19/h7,10,12,14,16-17,20,22,24H,2-6H2,1H3,(H,18,19)/t7?,10-,12?,14?,16+/m1/s1. The number of hydrogen-bond acceptors (Lipinski definition) is 10. The fraction of sp³-hybridized carbons (Fsp3) is 0.688. The lowest BCUT2D eigenvalue weighted by Gasteiger charge is -2.40. The molecule has 1 heterocycles. The van der Waals surface area contributed by atoms with Gasteiger partial charge in [-0.2, -0.15) is 0 Å². The van der Waals surface area contributed by atoms with E-state index < -0.39 is 47.5 Å². The van der Waals surface area contributed by atoms with Crippen molar-refractivity contribution in [1.29, 1.82) is 0 Å². The molecule has 0 saturated carbocycles. The van der Waals surface area contributed by atoms with Crippen LogP contribution in [0.5, 0.6) is 5.75 Å². The SMILES string of the molecule is CCOc1c(NCCO[C@H]2OC(CCC(=O)O)[C@@H](O)C(O)C2O)c(=O)c1=O. The highest BCUT2D eigenvalue weighted by atomic mass is 16.7. The number of rotatable bonds is 10. The zero-order chi connectivity index (χ0) is 20.1. The number of carboxylic acid groups (broad SMARTS) is 1. The van der Waals surface area contributed by atoms with Gasteiger partial charge >= 0.3 is 5.97 Å². The first-order valence-electron chi connectivity index (χ1n) is 8.50. The molecule has 0 spiro atoms. The number of aliphatic carboxylic acids is 1. The van der Waals surface area contributed by atoms with Gasteiger partial charge in [-0.05, 0) is 13.3 Å². The van der Waals surface area contributed by atoms with Crippen LogP contribution in [0, 0.1) is 0 Å². The first kappa shape index (κ1) is 21.3. The van der Waals surface area contributed by atoms with E-state index in [1.54, 1.807) is 6.92 Å². The van der Waals surface area contributed by atoms with Crippen molar-refractivity contribution in [2.24, 2.45) is 0 Å². The molecule has 152 valence electrons. The normalized spacial score (nSPS) is 28.2. The number of carbonyl (C=O) groups is 1. The van der Waals surface area contributed by atoms with E-state index >= 15 is 0 Å². The smallest absolute Gasteiger partial charge is 0.303 e. The molecule has 11 heteroatoms. The summed E-state index contributed by atoms with van der Waals surface area (Å²) in [5.41, 5.74) is -1.35. The van der Waals surface area contributed by atoms with Crippen LogP contribution >= 0.6 is 0 Å². The average Bonchev–Trinajstić information content (AvgIpc) is 2.65. The Kier molecular flexibility index (Phi) is 7.27. The maximum atomic E-state index is 11.5. The molecule has 1 aliphatic rings. The van der Waals surface area contributed by atoms with E-state index in [4.69, 9.17) is 19.3 Å². The molecular weight excluding hydrogens is 366 g/mol. The van der Waals surface area contributed by atoms with Crippen molar-refractivity contribution in [2.45, 2.75) is 50.5 Å². The molecule has 5 atom stereocenters. The zero-order valence-corrected chi connectivity index (χ0v) is 14.7. The summed E-state index contributed by atoms with van der Waals surface area (Å²) in [5, 5.41) is 41.1. The van der Waals surface area contributed by atoms with E-state index in [1.807, 2.05) is 0 Å². The van der Waals surface area contributed by atoms with Crippen LogP contribution in [0.4, 0.5) is 5.69 Å². The highest BCUT2D eigenvalue weighted by Gasteiger charge is 2.44. The lowest BCUT2D eigenvalue weighted by atomic mass is 9.96. The summed E-state index contributed by atoms with van der Waals surface area (Å²) in [6.07, 6.45) is -7.21. The van der Waals surface area contributed by atoms with Gasteiger partial charge in [0.15, 0.2) is 12.0 Å². The number of nitrogens with one attached hydrogen (secondary N) is 1. The van der Waals surface area contributed by atoms with E-state index in [0.717, 1.165) is 0 Å². The van der Waals surface area contributed by atoms with E-state index in [9.17, 15) is 29.7 Å². The van der Waals surface area contributed by atoms with Gasteiger partial charge in [0, 0.05) is 13.0 Å². The molecule has 0 radical (unpaired) electrons. The predicted octanol–water partition coefficient (Wildman–Crippen LogP) is -2.22. The Balaban J connectivity index is 1.85. The summed E-state index contributed by atoms with van der Waals surface area (Å²) in [6.45, 7) is 1.92. The molecule has 0 bridgehead atoms. The predicted molar refractivity (Wildman–Crippen MR) is 90.5 cm³/mol. The molecule has 1 aliphatic heterocycles. The maximum Gasteiger partial charge on any atom is 0.303 e. The number of aliphatic hydroxyl groups excluding tert-OH is 3. The minimum atomic E-state index is -1.56. The van der Waals surface area contributed by atoms with Crippen LogP contribution < -0.4 is 20.9 Å². The molecule has 2 rings (SSSR count). The van der Waals surface area contributed by atoms with Crippen molar-refractivity contribution in [1.82, 2.24) is 0 Å². The molecule has 0 aromatic heterocycles. The van der Waals surface area contributed by atoms with Gasteiger partial charge < -0.3 is 40.0 Å². The van der Waals surface area contributed by atoms with Gasteiger partial charge in [0.2, 0.25) is 0 Å². The van der Waals surface area contributed by atoms with Crippen LogP contribution in [0.15, 0.2) is 9.59 Å². The molecular formula is C16H23NO10. The summed E-state index contributed by atoms with van der Waals surface area (Å²) in [4.78, 5) is 33.5. The summed E-state index contributed by atoms with van der Waals surface area (Å²) in [6, 6.07) is 0. The van der Waals surface area contributed by atoms with Gasteiger partial charge in [0.1, 0.15) is 24.0 Å². The quantitative estimate of drug-likeness (QED) is 0.217. The van der Waals surface area contributed by atoms with Crippen LogP contribution in [-0.4, -0.2) is 76.9 Å². The van der Waals surface area contributed by atoms with Gasteiger partial charge in [-0.3, -0.25) is 14.4 Å². The highest BCUT2D eigenvalue weighted by Crippen LogP contribution is 2.25. The first-order chi connectivity index (χ1) is 12.8. The second-order valence-corrected chi connectivity index (χ2v) is 6.04. The van der Waals surface area contributed by atoms with E-state index in [1.165, 1.54) is 0 Å². The van der Waals surface area contributed by atoms with Crippen molar-refractivity contribution in [3.05, 3.63) is 20.4 Å². The number of anilines is 1. The van der Waals surface area contributed by atoms with Crippen molar-refractivity contribution in [2.75, 3.05) is 25.1 Å². The topological polar surface area (TPSA) is 172 Å². The minimum absolute atomic E-state index is 0.0382. The van der Waals surface area contributed by atoms with Crippen LogP contribution in [0.25, 0.3) is 0 Å². The molecule has 1 saturated heterocycles. The number of hydrogen-bond donors (Lipinski definition) is 5. The first-order valence-corrected chi connectivity index (χ1v) is 8.50. The third-order valence-electron chi connectivity index (χ3n) is 4.15. The summed E-state index contributed by atoms with van der Waals surface area (Å²) in [5.74, 6) is -1.13. The van der Waals surface area contributed by atoms with Crippen LogP contribution in [0.2, 0.25) is 0 Å². The van der Waals surface area contributed by atoms with Gasteiger partial charge in [-0.15, -0.1) is 0 Å². The number of ether oxygens (including phenoxy) is 3. The van der Waals surface area contributed by atoms with E-state index in [2.05, 4.69) is 5.32 Å². The highest BCUT2D eigenvalue weighted by molar-refractivity contribution is 5.66. The molecule has 5 N–H and O–H groups in total. The third kappa shape index (κ3) is 4.82. The molecule has 0 amide bonds.